The molecule has 4 rings (SSSR count). The lowest BCUT2D eigenvalue weighted by Gasteiger charge is -2.44. The number of aromatic hydroxyl groups is 2. The molecule has 3 heteroatoms. The Bertz CT molecular complexity index is 707. The van der Waals surface area contributed by atoms with Crippen LogP contribution in [0.25, 0.3) is 0 Å². The van der Waals surface area contributed by atoms with Crippen molar-refractivity contribution in [3.63, 3.8) is 0 Å². The van der Waals surface area contributed by atoms with Crippen molar-refractivity contribution in [2.75, 3.05) is 0 Å². The molecule has 2 aromatic carbocycles. The highest BCUT2D eigenvalue weighted by Gasteiger charge is 2.42. The minimum absolute atomic E-state index is 0.0187. The van der Waals surface area contributed by atoms with Gasteiger partial charge in [0.15, 0.2) is 0 Å². The van der Waals surface area contributed by atoms with Crippen LogP contribution in [0, 0.1) is 11.8 Å². The molecule has 2 unspecified atom stereocenters. The highest BCUT2D eigenvalue weighted by atomic mass is 16.5. The first-order valence-electron chi connectivity index (χ1n) is 8.40. The van der Waals surface area contributed by atoms with Crippen molar-refractivity contribution in [1.29, 1.82) is 0 Å². The molecule has 2 aromatic rings. The van der Waals surface area contributed by atoms with E-state index in [1.54, 1.807) is 18.2 Å². The fourth-order valence-corrected chi connectivity index (χ4v) is 4.26. The lowest BCUT2D eigenvalue weighted by Crippen LogP contribution is -2.34. The molecule has 4 atom stereocenters. The number of phenols is 2. The van der Waals surface area contributed by atoms with Gasteiger partial charge in [-0.1, -0.05) is 25.5 Å². The van der Waals surface area contributed by atoms with Crippen molar-refractivity contribution < 1.29 is 14.9 Å². The molecule has 1 aliphatic carbocycles. The average Bonchev–Trinajstić information content (AvgIpc) is 2.55. The zero-order chi connectivity index (χ0) is 16.0. The van der Waals surface area contributed by atoms with Gasteiger partial charge in [-0.2, -0.15) is 0 Å². The molecule has 0 spiro atoms. The standard InChI is InChI=1S/C20H22O3/c1-12-2-8-16-17(10-12)18-11-15(22)7-9-19(18)23-20(16)13-3-5-14(21)6-4-13/h3-7,9,11-12,16-17,20-22H,2,8,10H2,1H3/t12-,16?,17+,20?/m1/s1. The van der Waals surface area contributed by atoms with Gasteiger partial charge in [0.2, 0.25) is 0 Å². The van der Waals surface area contributed by atoms with E-state index in [2.05, 4.69) is 6.92 Å². The molecule has 2 N–H and O–H groups in total. The number of benzene rings is 2. The number of hydrogen-bond donors (Lipinski definition) is 2. The highest BCUT2D eigenvalue weighted by molar-refractivity contribution is 5.45. The summed E-state index contributed by atoms with van der Waals surface area (Å²) in [5, 5.41) is 19.4. The summed E-state index contributed by atoms with van der Waals surface area (Å²) in [6.45, 7) is 2.31. The number of fused-ring (bicyclic) bond motifs is 3. The molecule has 0 radical (unpaired) electrons. The van der Waals surface area contributed by atoms with E-state index in [4.69, 9.17) is 4.74 Å². The molecule has 0 bridgehead atoms. The van der Waals surface area contributed by atoms with Crippen LogP contribution >= 0.6 is 0 Å². The first-order valence-corrected chi connectivity index (χ1v) is 8.40. The Morgan fingerprint density at radius 3 is 2.48 bits per heavy atom. The maximum Gasteiger partial charge on any atom is 0.127 e. The largest absolute Gasteiger partial charge is 0.508 e. The maximum absolute atomic E-state index is 9.87. The van der Waals surface area contributed by atoms with Crippen LogP contribution < -0.4 is 4.74 Å². The van der Waals surface area contributed by atoms with Crippen molar-refractivity contribution in [2.45, 2.75) is 38.2 Å². The Kier molecular flexibility index (Phi) is 3.44. The van der Waals surface area contributed by atoms with E-state index in [9.17, 15) is 10.2 Å². The number of rotatable bonds is 1. The fraction of sp³-hybridized carbons (Fsp3) is 0.400. The van der Waals surface area contributed by atoms with Crippen LogP contribution in [0.3, 0.4) is 0 Å². The van der Waals surface area contributed by atoms with Gasteiger partial charge in [-0.05, 0) is 60.6 Å². The summed E-state index contributed by atoms with van der Waals surface area (Å²) < 4.78 is 6.32. The molecule has 120 valence electrons. The molecule has 3 nitrogen and oxygen atoms in total. The SMILES string of the molecule is C[C@@H]1CCC2C(c3ccc(O)cc3)Oc3ccc(O)cc3[C@H]2C1. The van der Waals surface area contributed by atoms with Gasteiger partial charge in [0.25, 0.3) is 0 Å². The summed E-state index contributed by atoms with van der Waals surface area (Å²) in [6.07, 6.45) is 3.50. The van der Waals surface area contributed by atoms with Gasteiger partial charge in [-0.25, -0.2) is 0 Å². The van der Waals surface area contributed by atoms with Crippen molar-refractivity contribution in [3.8, 4) is 17.2 Å². The molecule has 1 heterocycles. The normalized spacial score (nSPS) is 29.3. The molecule has 2 aliphatic rings. The van der Waals surface area contributed by atoms with Crippen LogP contribution in [0.1, 0.15) is 49.3 Å². The third-order valence-electron chi connectivity index (χ3n) is 5.42. The summed E-state index contributed by atoms with van der Waals surface area (Å²) >= 11 is 0. The van der Waals surface area contributed by atoms with E-state index < -0.39 is 0 Å². The predicted molar refractivity (Wildman–Crippen MR) is 88.8 cm³/mol. The first kappa shape index (κ1) is 14.4. The Labute approximate surface area is 136 Å². The third-order valence-corrected chi connectivity index (χ3v) is 5.42. The summed E-state index contributed by atoms with van der Waals surface area (Å²) in [6, 6.07) is 12.8. The molecule has 0 amide bonds. The van der Waals surface area contributed by atoms with Crippen LogP contribution in [0.4, 0.5) is 0 Å². The molecular weight excluding hydrogens is 288 g/mol. The van der Waals surface area contributed by atoms with Gasteiger partial charge in [-0.15, -0.1) is 0 Å². The van der Waals surface area contributed by atoms with Crippen LogP contribution in [0.5, 0.6) is 17.2 Å². The Balaban J connectivity index is 1.77. The van der Waals surface area contributed by atoms with Crippen LogP contribution in [0.2, 0.25) is 0 Å². The van der Waals surface area contributed by atoms with Gasteiger partial charge in [0, 0.05) is 11.5 Å². The summed E-state index contributed by atoms with van der Waals surface area (Å²) in [7, 11) is 0. The van der Waals surface area contributed by atoms with E-state index in [1.807, 2.05) is 24.3 Å². The van der Waals surface area contributed by atoms with E-state index in [1.165, 1.54) is 6.42 Å². The third kappa shape index (κ3) is 2.54. The lowest BCUT2D eigenvalue weighted by molar-refractivity contribution is 0.0561. The van der Waals surface area contributed by atoms with Crippen LogP contribution in [0.15, 0.2) is 42.5 Å². The van der Waals surface area contributed by atoms with E-state index in [0.29, 0.717) is 23.5 Å². The molecule has 0 saturated heterocycles. The number of ether oxygens (including phenoxy) is 1. The van der Waals surface area contributed by atoms with Gasteiger partial charge in [0.1, 0.15) is 23.4 Å². The van der Waals surface area contributed by atoms with Gasteiger partial charge in [-0.3, -0.25) is 0 Å². The zero-order valence-electron chi connectivity index (χ0n) is 13.3. The molecular formula is C20H22O3. The summed E-state index contributed by atoms with van der Waals surface area (Å²) in [5.41, 5.74) is 2.27. The van der Waals surface area contributed by atoms with E-state index in [-0.39, 0.29) is 11.9 Å². The van der Waals surface area contributed by atoms with E-state index >= 15 is 0 Å². The topological polar surface area (TPSA) is 49.7 Å². The Morgan fingerprint density at radius 2 is 1.70 bits per heavy atom. The van der Waals surface area contributed by atoms with E-state index in [0.717, 1.165) is 29.7 Å². The Morgan fingerprint density at radius 1 is 0.957 bits per heavy atom. The monoisotopic (exact) mass is 310 g/mol. The number of phenolic OH excluding ortho intramolecular Hbond substituents is 2. The predicted octanol–water partition coefficient (Wildman–Crippen LogP) is 4.75. The van der Waals surface area contributed by atoms with Crippen molar-refractivity contribution in [3.05, 3.63) is 53.6 Å². The van der Waals surface area contributed by atoms with Gasteiger partial charge in [0.05, 0.1) is 0 Å². The molecule has 0 aromatic heterocycles. The fourth-order valence-electron chi connectivity index (χ4n) is 4.26. The second-order valence-electron chi connectivity index (χ2n) is 7.04. The van der Waals surface area contributed by atoms with Crippen LogP contribution in [-0.4, -0.2) is 10.2 Å². The van der Waals surface area contributed by atoms with Gasteiger partial charge < -0.3 is 14.9 Å². The zero-order valence-corrected chi connectivity index (χ0v) is 13.3. The minimum Gasteiger partial charge on any atom is -0.508 e. The molecule has 1 aliphatic heterocycles. The summed E-state index contributed by atoms with van der Waals surface area (Å²) in [4.78, 5) is 0. The second-order valence-corrected chi connectivity index (χ2v) is 7.04. The molecule has 23 heavy (non-hydrogen) atoms. The average molecular weight is 310 g/mol. The van der Waals surface area contributed by atoms with Crippen molar-refractivity contribution in [1.82, 2.24) is 0 Å². The van der Waals surface area contributed by atoms with Crippen LogP contribution in [-0.2, 0) is 0 Å². The smallest absolute Gasteiger partial charge is 0.127 e. The summed E-state index contributed by atoms with van der Waals surface area (Å²) in [5.74, 6) is 3.02. The lowest BCUT2D eigenvalue weighted by atomic mass is 9.67. The Hall–Kier alpha value is -2.16. The highest BCUT2D eigenvalue weighted by Crippen LogP contribution is 2.54. The maximum atomic E-state index is 9.87. The molecule has 1 saturated carbocycles. The minimum atomic E-state index is 0.0187. The second kappa shape index (κ2) is 5.48. The number of hydrogen-bond acceptors (Lipinski definition) is 3. The van der Waals surface area contributed by atoms with Gasteiger partial charge >= 0.3 is 0 Å². The van der Waals surface area contributed by atoms with Crippen molar-refractivity contribution in [2.24, 2.45) is 11.8 Å². The quantitative estimate of drug-likeness (QED) is 0.799. The first-order chi connectivity index (χ1) is 11.1. The molecule has 1 fully saturated rings. The van der Waals surface area contributed by atoms with Crippen molar-refractivity contribution >= 4 is 0 Å².